The standard InChI is InChI=1S/C58H39NO/c1-3-11-40(12-4-1)42-21-25-44(26-22-42)46-29-34-50(35-30-46)59(51-36-31-47(32-37-51)45-27-23-43(24-28-45)41-13-5-2-6-14-41)52-17-9-16-49(39-52)53-19-10-20-56-57(53)55-38-33-48-15-7-8-18-54(48)58(55)60-56/h1-39H/i29D,30D,31D,32D,34D,35D,36D,37D. The number of benzene rings is 10. The monoisotopic (exact) mass is 773 g/mol. The molecule has 60 heavy (non-hydrogen) atoms. The number of fused-ring (bicyclic) bond motifs is 5. The van der Waals surface area contributed by atoms with E-state index in [0.29, 0.717) is 28.0 Å². The van der Waals surface area contributed by atoms with Crippen molar-refractivity contribution in [3.8, 4) is 55.6 Å². The number of furan rings is 1. The average Bonchev–Trinajstić information content (AvgIpc) is 3.78. The number of anilines is 3. The highest BCUT2D eigenvalue weighted by atomic mass is 16.3. The summed E-state index contributed by atoms with van der Waals surface area (Å²) < 4.78 is 82.9. The molecule has 0 unspecified atom stereocenters. The highest BCUT2D eigenvalue weighted by Crippen LogP contribution is 2.43. The summed E-state index contributed by atoms with van der Waals surface area (Å²) in [5.41, 5.74) is 7.83. The maximum Gasteiger partial charge on any atom is 0.143 e. The van der Waals surface area contributed by atoms with Gasteiger partial charge < -0.3 is 9.32 Å². The third-order valence-electron chi connectivity index (χ3n) is 11.0. The van der Waals surface area contributed by atoms with E-state index in [9.17, 15) is 11.0 Å². The van der Waals surface area contributed by atoms with E-state index in [1.54, 1.807) is 36.4 Å². The summed E-state index contributed by atoms with van der Waals surface area (Å²) in [6.07, 6.45) is 0. The van der Waals surface area contributed by atoms with Gasteiger partial charge in [0.2, 0.25) is 0 Å². The van der Waals surface area contributed by atoms with E-state index in [0.717, 1.165) is 54.9 Å². The minimum atomic E-state index is -0.411. The molecule has 1 heterocycles. The van der Waals surface area contributed by atoms with Gasteiger partial charge in [-0.1, -0.05) is 188 Å². The lowest BCUT2D eigenvalue weighted by molar-refractivity contribution is 0.673. The Labute approximate surface area is 361 Å². The first-order chi connectivity index (χ1) is 33.1. The van der Waals surface area contributed by atoms with Crippen LogP contribution in [-0.2, 0) is 0 Å². The van der Waals surface area contributed by atoms with E-state index in [-0.39, 0.29) is 46.7 Å². The lowest BCUT2D eigenvalue weighted by Crippen LogP contribution is -2.10. The molecule has 10 aromatic carbocycles. The molecule has 0 N–H and O–H groups in total. The van der Waals surface area contributed by atoms with Crippen LogP contribution >= 0.6 is 0 Å². The van der Waals surface area contributed by atoms with Crippen molar-refractivity contribution in [3.63, 3.8) is 0 Å². The number of hydrogen-bond acceptors (Lipinski definition) is 2. The molecule has 0 bridgehead atoms. The van der Waals surface area contributed by atoms with Gasteiger partial charge in [0.1, 0.15) is 11.2 Å². The van der Waals surface area contributed by atoms with E-state index < -0.39 is 24.2 Å². The van der Waals surface area contributed by atoms with Crippen molar-refractivity contribution in [2.75, 3.05) is 4.90 Å². The maximum atomic E-state index is 9.64. The molecule has 0 aliphatic carbocycles. The van der Waals surface area contributed by atoms with Gasteiger partial charge in [0.15, 0.2) is 0 Å². The van der Waals surface area contributed by atoms with Crippen molar-refractivity contribution in [2.45, 2.75) is 0 Å². The van der Waals surface area contributed by atoms with Crippen molar-refractivity contribution >= 4 is 49.8 Å². The Hall–Kier alpha value is -7.94. The molecular weight excluding hydrogens is 727 g/mol. The molecule has 282 valence electrons. The summed E-state index contributed by atoms with van der Waals surface area (Å²) in [4.78, 5) is 1.36. The van der Waals surface area contributed by atoms with Crippen LogP contribution in [0, 0.1) is 0 Å². The molecule has 1 aromatic heterocycles. The Morgan fingerprint density at radius 2 is 0.817 bits per heavy atom. The summed E-state index contributed by atoms with van der Waals surface area (Å²) in [5, 5.41) is 3.81. The molecule has 0 amide bonds. The maximum absolute atomic E-state index is 9.64. The molecule has 0 fully saturated rings. The Kier molecular flexibility index (Phi) is 6.96. The molecule has 0 spiro atoms. The van der Waals surface area contributed by atoms with Crippen LogP contribution in [0.15, 0.2) is 241 Å². The van der Waals surface area contributed by atoms with Crippen LogP contribution in [0.2, 0.25) is 0 Å². The Morgan fingerprint density at radius 1 is 0.333 bits per heavy atom. The molecule has 0 saturated carbocycles. The van der Waals surface area contributed by atoms with Gasteiger partial charge >= 0.3 is 0 Å². The second-order valence-electron chi connectivity index (χ2n) is 14.7. The average molecular weight is 774 g/mol. The summed E-state index contributed by atoms with van der Waals surface area (Å²) in [6.45, 7) is 0. The van der Waals surface area contributed by atoms with Gasteiger partial charge in [0.05, 0.1) is 11.0 Å². The zero-order valence-corrected chi connectivity index (χ0v) is 32.3. The van der Waals surface area contributed by atoms with E-state index in [1.165, 1.54) is 4.90 Å². The van der Waals surface area contributed by atoms with Crippen molar-refractivity contribution in [3.05, 3.63) is 236 Å². The predicted octanol–water partition coefficient (Wildman–Crippen LogP) is 16.5. The van der Waals surface area contributed by atoms with Crippen LogP contribution in [0.25, 0.3) is 88.3 Å². The Morgan fingerprint density at radius 3 is 1.40 bits per heavy atom. The van der Waals surface area contributed by atoms with Gasteiger partial charge in [0.25, 0.3) is 0 Å². The zero-order chi connectivity index (χ0) is 46.8. The molecule has 11 rings (SSSR count). The quantitative estimate of drug-likeness (QED) is 0.153. The lowest BCUT2D eigenvalue weighted by Gasteiger charge is -2.26. The fourth-order valence-electron chi connectivity index (χ4n) is 8.02. The van der Waals surface area contributed by atoms with Gasteiger partial charge in [-0.05, 0) is 109 Å². The first-order valence-electron chi connectivity index (χ1n) is 23.8. The van der Waals surface area contributed by atoms with Gasteiger partial charge in [0, 0.05) is 33.2 Å². The minimum Gasteiger partial charge on any atom is -0.455 e. The zero-order valence-electron chi connectivity index (χ0n) is 40.3. The van der Waals surface area contributed by atoms with Crippen LogP contribution in [0.4, 0.5) is 17.1 Å². The van der Waals surface area contributed by atoms with Crippen LogP contribution in [-0.4, -0.2) is 0 Å². The third kappa shape index (κ3) is 6.51. The predicted molar refractivity (Wildman–Crippen MR) is 253 cm³/mol. The van der Waals surface area contributed by atoms with Crippen molar-refractivity contribution < 1.29 is 15.4 Å². The molecule has 0 saturated heterocycles. The summed E-state index contributed by atoms with van der Waals surface area (Å²) >= 11 is 0. The van der Waals surface area contributed by atoms with E-state index in [2.05, 4.69) is 6.07 Å². The Balaban J connectivity index is 1.11. The van der Waals surface area contributed by atoms with Gasteiger partial charge in [-0.25, -0.2) is 0 Å². The first-order valence-corrected chi connectivity index (χ1v) is 19.8. The SMILES string of the molecule is [2H]c1c([2H])c(N(c2cccc(-c3cccc4oc5c6ccccc6ccc5c34)c2)c2c([2H])c([2H])c(-c3ccc(-c4ccccc4)cc3)c([2H])c2[2H])c([2H])c([2H])c1-c1ccc(-c2ccccc2)cc1. The normalized spacial score (nSPS) is 13.2. The summed E-state index contributed by atoms with van der Waals surface area (Å²) in [6, 6.07) is 56.6. The highest BCUT2D eigenvalue weighted by molar-refractivity contribution is 6.19. The topological polar surface area (TPSA) is 16.4 Å². The molecule has 2 nitrogen and oxygen atoms in total. The third-order valence-corrected chi connectivity index (χ3v) is 11.0. The van der Waals surface area contributed by atoms with Crippen molar-refractivity contribution in [1.82, 2.24) is 0 Å². The molecule has 0 aliphatic rings. The van der Waals surface area contributed by atoms with Gasteiger partial charge in [-0.15, -0.1) is 0 Å². The largest absolute Gasteiger partial charge is 0.455 e. The second-order valence-corrected chi connectivity index (χ2v) is 14.7. The van der Waals surface area contributed by atoms with Crippen LogP contribution < -0.4 is 4.90 Å². The summed E-state index contributed by atoms with van der Waals surface area (Å²) in [5.74, 6) is 0. The van der Waals surface area contributed by atoms with E-state index in [4.69, 9.17) is 4.42 Å². The van der Waals surface area contributed by atoms with E-state index >= 15 is 0 Å². The minimum absolute atomic E-state index is 0.0944. The Bertz CT molecular complexity index is 3550. The van der Waals surface area contributed by atoms with Gasteiger partial charge in [-0.2, -0.15) is 0 Å². The smallest absolute Gasteiger partial charge is 0.143 e. The van der Waals surface area contributed by atoms with Crippen LogP contribution in [0.5, 0.6) is 0 Å². The number of rotatable bonds is 8. The molecule has 0 radical (unpaired) electrons. The van der Waals surface area contributed by atoms with Gasteiger partial charge in [-0.3, -0.25) is 0 Å². The number of nitrogens with zero attached hydrogens (tertiary/aromatic N) is 1. The lowest BCUT2D eigenvalue weighted by atomic mass is 9.97. The van der Waals surface area contributed by atoms with Crippen LogP contribution in [0.1, 0.15) is 11.0 Å². The highest BCUT2D eigenvalue weighted by Gasteiger charge is 2.18. The van der Waals surface area contributed by atoms with Crippen molar-refractivity contribution in [1.29, 1.82) is 0 Å². The summed E-state index contributed by atoms with van der Waals surface area (Å²) in [7, 11) is 0. The molecule has 11 aromatic rings. The first kappa shape index (κ1) is 27.7. The van der Waals surface area contributed by atoms with Crippen molar-refractivity contribution in [2.24, 2.45) is 0 Å². The van der Waals surface area contributed by atoms with E-state index in [1.807, 2.05) is 146 Å². The fraction of sp³-hybridized carbons (Fsp3) is 0. The van der Waals surface area contributed by atoms with Crippen LogP contribution in [0.3, 0.4) is 0 Å². The second kappa shape index (κ2) is 15.1. The molecule has 0 aliphatic heterocycles. The molecule has 0 atom stereocenters. The molecular formula is C58H39NO. The number of hydrogen-bond donors (Lipinski definition) is 0. The fourth-order valence-corrected chi connectivity index (χ4v) is 8.02. The molecule has 2 heteroatoms.